The van der Waals surface area contributed by atoms with E-state index in [1.165, 1.54) is 64.2 Å². The van der Waals surface area contributed by atoms with Gasteiger partial charge >= 0.3 is 0 Å². The largest absolute Gasteiger partial charge is 0.0853 e. The van der Waals surface area contributed by atoms with Crippen LogP contribution in [0.2, 0.25) is 0 Å². The van der Waals surface area contributed by atoms with Crippen molar-refractivity contribution in [2.75, 3.05) is 0 Å². The Bertz CT molecular complexity index is 445. The molecule has 0 bridgehead atoms. The molecule has 26 heavy (non-hydrogen) atoms. The second-order valence-electron chi connectivity index (χ2n) is 10.8. The van der Waals surface area contributed by atoms with Crippen LogP contribution in [0.25, 0.3) is 0 Å². The number of rotatable bonds is 9. The lowest BCUT2D eigenvalue weighted by molar-refractivity contribution is 0.00180. The van der Waals surface area contributed by atoms with Crippen LogP contribution in [0.15, 0.2) is 11.6 Å². The molecule has 0 aromatic rings. The van der Waals surface area contributed by atoms with Crippen molar-refractivity contribution in [3.05, 3.63) is 11.6 Å². The Hall–Kier alpha value is -0.260. The minimum atomic E-state index is 0.628. The standard InChI is InChI=1S/C26H48/c1-8-20(4)13-14-23-21(5)17-18-26(7)24(15-16-25(23)26)22(6)12-10-9-11-19(2)3/h13,19,21-25H,8-12,14-18H2,1-7H3/b20-13+. The van der Waals surface area contributed by atoms with Gasteiger partial charge in [0.15, 0.2) is 0 Å². The molecule has 0 aliphatic heterocycles. The van der Waals surface area contributed by atoms with Gasteiger partial charge in [0.1, 0.15) is 0 Å². The van der Waals surface area contributed by atoms with E-state index in [2.05, 4.69) is 54.5 Å². The maximum atomic E-state index is 2.69. The van der Waals surface area contributed by atoms with Crippen LogP contribution in [0.1, 0.15) is 113 Å². The summed E-state index contributed by atoms with van der Waals surface area (Å²) in [4.78, 5) is 0. The van der Waals surface area contributed by atoms with Gasteiger partial charge in [0.05, 0.1) is 0 Å². The molecule has 0 radical (unpaired) electrons. The highest BCUT2D eigenvalue weighted by molar-refractivity contribution is 5.06. The van der Waals surface area contributed by atoms with E-state index in [-0.39, 0.29) is 0 Å². The number of allylic oxidation sites excluding steroid dienone is 2. The van der Waals surface area contributed by atoms with Crippen molar-refractivity contribution < 1.29 is 0 Å². The zero-order valence-corrected chi connectivity index (χ0v) is 19.1. The third-order valence-electron chi connectivity index (χ3n) is 8.54. The van der Waals surface area contributed by atoms with Gasteiger partial charge in [-0.3, -0.25) is 0 Å². The summed E-state index contributed by atoms with van der Waals surface area (Å²) in [6.07, 6.45) is 16.9. The Morgan fingerprint density at radius 2 is 1.77 bits per heavy atom. The second-order valence-corrected chi connectivity index (χ2v) is 10.8. The highest BCUT2D eigenvalue weighted by atomic mass is 14.6. The van der Waals surface area contributed by atoms with Crippen LogP contribution in [0.4, 0.5) is 0 Å². The van der Waals surface area contributed by atoms with Gasteiger partial charge in [-0.25, -0.2) is 0 Å². The van der Waals surface area contributed by atoms with Crippen molar-refractivity contribution in [1.29, 1.82) is 0 Å². The molecule has 0 aromatic heterocycles. The van der Waals surface area contributed by atoms with Gasteiger partial charge in [0.2, 0.25) is 0 Å². The highest BCUT2D eigenvalue weighted by Crippen LogP contribution is 2.61. The summed E-state index contributed by atoms with van der Waals surface area (Å²) in [5.41, 5.74) is 2.22. The predicted molar refractivity (Wildman–Crippen MR) is 117 cm³/mol. The number of unbranched alkanes of at least 4 members (excludes halogenated alkanes) is 1. The molecule has 0 N–H and O–H groups in total. The molecule has 152 valence electrons. The van der Waals surface area contributed by atoms with Crippen molar-refractivity contribution in [2.24, 2.45) is 40.9 Å². The molecule has 6 unspecified atom stereocenters. The van der Waals surface area contributed by atoms with E-state index in [9.17, 15) is 0 Å². The first-order valence-corrected chi connectivity index (χ1v) is 11.9. The number of hydrogen-bond acceptors (Lipinski definition) is 0. The predicted octanol–water partition coefficient (Wildman–Crippen LogP) is 8.66. The molecule has 6 atom stereocenters. The Balaban J connectivity index is 1.99. The minimum Gasteiger partial charge on any atom is -0.0853 e. The molecular formula is C26H48. The van der Waals surface area contributed by atoms with E-state index in [4.69, 9.17) is 0 Å². The lowest BCUT2D eigenvalue weighted by atomic mass is 9.56. The smallest absolute Gasteiger partial charge is 0.0264 e. The molecule has 0 saturated heterocycles. The van der Waals surface area contributed by atoms with Crippen molar-refractivity contribution in [3.8, 4) is 0 Å². The fraction of sp³-hybridized carbons (Fsp3) is 0.923. The third-order valence-corrected chi connectivity index (χ3v) is 8.54. The Morgan fingerprint density at radius 1 is 1.08 bits per heavy atom. The fourth-order valence-electron chi connectivity index (χ4n) is 6.55. The summed E-state index contributed by atoms with van der Waals surface area (Å²) in [6, 6.07) is 0. The molecule has 2 fully saturated rings. The van der Waals surface area contributed by atoms with Gasteiger partial charge in [-0.15, -0.1) is 0 Å². The first-order chi connectivity index (χ1) is 12.3. The highest BCUT2D eigenvalue weighted by Gasteiger charge is 2.53. The van der Waals surface area contributed by atoms with Crippen molar-refractivity contribution in [2.45, 2.75) is 113 Å². The molecule has 0 nitrogen and oxygen atoms in total. The maximum Gasteiger partial charge on any atom is -0.0264 e. The fourth-order valence-corrected chi connectivity index (χ4v) is 6.55. The maximum absolute atomic E-state index is 2.69. The van der Waals surface area contributed by atoms with Crippen LogP contribution in [0.5, 0.6) is 0 Å². The van der Waals surface area contributed by atoms with Gasteiger partial charge in [0.25, 0.3) is 0 Å². The van der Waals surface area contributed by atoms with Gasteiger partial charge in [-0.1, -0.05) is 78.9 Å². The summed E-state index contributed by atoms with van der Waals surface area (Å²) < 4.78 is 0. The summed E-state index contributed by atoms with van der Waals surface area (Å²) in [6.45, 7) is 17.2. The van der Waals surface area contributed by atoms with Crippen molar-refractivity contribution in [1.82, 2.24) is 0 Å². The van der Waals surface area contributed by atoms with Crippen molar-refractivity contribution >= 4 is 0 Å². The Kier molecular flexibility index (Phi) is 8.30. The van der Waals surface area contributed by atoms with Gasteiger partial charge in [-0.05, 0) is 86.4 Å². The molecule has 2 aliphatic rings. The van der Waals surface area contributed by atoms with Gasteiger partial charge in [-0.2, -0.15) is 0 Å². The van der Waals surface area contributed by atoms with Crippen LogP contribution in [0.3, 0.4) is 0 Å². The SMILES string of the molecule is CC/C(C)=C/CC1C(C)CCC2(C)C(C(C)CCCCC(C)C)CCC12. The first-order valence-electron chi connectivity index (χ1n) is 11.9. The Morgan fingerprint density at radius 3 is 2.42 bits per heavy atom. The number of hydrogen-bond donors (Lipinski definition) is 0. The quantitative estimate of drug-likeness (QED) is 0.285. The van der Waals surface area contributed by atoms with E-state index in [1.807, 2.05) is 0 Å². The van der Waals surface area contributed by atoms with Gasteiger partial charge < -0.3 is 0 Å². The molecule has 0 heteroatoms. The second kappa shape index (κ2) is 9.79. The summed E-state index contributed by atoms with van der Waals surface area (Å²) >= 11 is 0. The van der Waals surface area contributed by atoms with Crippen LogP contribution in [-0.4, -0.2) is 0 Å². The average Bonchev–Trinajstić information content (AvgIpc) is 2.95. The van der Waals surface area contributed by atoms with Crippen molar-refractivity contribution in [3.63, 3.8) is 0 Å². The molecule has 2 saturated carbocycles. The third kappa shape index (κ3) is 5.17. The summed E-state index contributed by atoms with van der Waals surface area (Å²) in [7, 11) is 0. The average molecular weight is 361 g/mol. The van der Waals surface area contributed by atoms with E-state index in [0.717, 1.165) is 35.5 Å². The van der Waals surface area contributed by atoms with Gasteiger partial charge in [0, 0.05) is 0 Å². The summed E-state index contributed by atoms with van der Waals surface area (Å²) in [5.74, 6) is 5.63. The molecule has 2 aliphatic carbocycles. The van der Waals surface area contributed by atoms with Crippen LogP contribution in [0, 0.1) is 40.9 Å². The first kappa shape index (κ1) is 22.0. The normalized spacial score (nSPS) is 36.4. The van der Waals surface area contributed by atoms with E-state index >= 15 is 0 Å². The minimum absolute atomic E-state index is 0.628. The van der Waals surface area contributed by atoms with E-state index in [0.29, 0.717) is 5.41 Å². The zero-order valence-electron chi connectivity index (χ0n) is 19.1. The Labute approximate surface area is 165 Å². The molecular weight excluding hydrogens is 312 g/mol. The topological polar surface area (TPSA) is 0 Å². The molecule has 0 spiro atoms. The molecule has 2 rings (SSSR count). The molecule has 0 aromatic carbocycles. The van der Waals surface area contributed by atoms with E-state index in [1.54, 1.807) is 5.57 Å². The van der Waals surface area contributed by atoms with Crippen LogP contribution < -0.4 is 0 Å². The molecule has 0 amide bonds. The monoisotopic (exact) mass is 360 g/mol. The zero-order chi connectivity index (χ0) is 19.3. The lowest BCUT2D eigenvalue weighted by Crippen LogP contribution is -2.42. The summed E-state index contributed by atoms with van der Waals surface area (Å²) in [5, 5.41) is 0. The number of fused-ring (bicyclic) bond motifs is 1. The van der Waals surface area contributed by atoms with Crippen LogP contribution >= 0.6 is 0 Å². The van der Waals surface area contributed by atoms with Crippen LogP contribution in [-0.2, 0) is 0 Å². The lowest BCUT2D eigenvalue weighted by Gasteiger charge is -2.49. The molecule has 0 heterocycles. The van der Waals surface area contributed by atoms with E-state index < -0.39 is 0 Å².